The summed E-state index contributed by atoms with van der Waals surface area (Å²) >= 11 is 0. The first kappa shape index (κ1) is 11.6. The predicted octanol–water partition coefficient (Wildman–Crippen LogP) is 2.47. The van der Waals surface area contributed by atoms with E-state index in [2.05, 4.69) is 0 Å². The van der Waals surface area contributed by atoms with Crippen LogP contribution in [0.2, 0.25) is 0 Å². The van der Waals surface area contributed by atoms with E-state index in [1.807, 2.05) is 0 Å². The zero-order valence-electron chi connectivity index (χ0n) is 8.90. The van der Waals surface area contributed by atoms with Crippen LogP contribution in [0.1, 0.15) is 10.4 Å². The van der Waals surface area contributed by atoms with E-state index < -0.39 is 21.2 Å². The number of nitro benzene ring substituents is 2. The second kappa shape index (κ2) is 4.21. The second-order valence-electron chi connectivity index (χ2n) is 3.52. The van der Waals surface area contributed by atoms with Gasteiger partial charge in [0.05, 0.1) is 15.2 Å². The third-order valence-corrected chi connectivity index (χ3v) is 2.52. The first-order chi connectivity index (χ1) is 8.56. The second-order valence-corrected chi connectivity index (χ2v) is 3.52. The molecule has 2 aromatic rings. The number of hydrogen-bond acceptors (Lipinski definition) is 5. The van der Waals surface area contributed by atoms with Gasteiger partial charge < -0.3 is 0 Å². The molecule has 0 bridgehead atoms. The smallest absolute Gasteiger partial charge is 0.298 e. The van der Waals surface area contributed by atoms with Gasteiger partial charge >= 0.3 is 11.4 Å². The summed E-state index contributed by atoms with van der Waals surface area (Å²) in [6.45, 7) is 0. The summed E-state index contributed by atoms with van der Waals surface area (Å²) in [6, 6.07) is 7.41. The average molecular weight is 246 g/mol. The SMILES string of the molecule is O=Cc1cc2ccccc2c([N+](=O)[O-])c1[N+](=O)[O-]. The highest BCUT2D eigenvalue weighted by atomic mass is 16.6. The van der Waals surface area contributed by atoms with Crippen LogP contribution in [0.3, 0.4) is 0 Å². The lowest BCUT2D eigenvalue weighted by atomic mass is 10.0. The zero-order valence-corrected chi connectivity index (χ0v) is 8.90. The molecule has 0 atom stereocenters. The molecule has 2 rings (SSSR count). The Morgan fingerprint density at radius 1 is 1.00 bits per heavy atom. The van der Waals surface area contributed by atoms with E-state index in [0.29, 0.717) is 5.39 Å². The Bertz CT molecular complexity index is 680. The maximum absolute atomic E-state index is 11.0. The fourth-order valence-electron chi connectivity index (χ4n) is 1.81. The van der Waals surface area contributed by atoms with Crippen LogP contribution >= 0.6 is 0 Å². The van der Waals surface area contributed by atoms with Gasteiger partial charge in [0.15, 0.2) is 6.29 Å². The van der Waals surface area contributed by atoms with Gasteiger partial charge in [-0.1, -0.05) is 18.2 Å². The van der Waals surface area contributed by atoms with Crippen molar-refractivity contribution in [2.45, 2.75) is 0 Å². The van der Waals surface area contributed by atoms with Crippen LogP contribution < -0.4 is 0 Å². The summed E-state index contributed by atoms with van der Waals surface area (Å²) in [5.41, 5.74) is -1.72. The zero-order chi connectivity index (χ0) is 13.3. The van der Waals surface area contributed by atoms with Gasteiger partial charge in [-0.25, -0.2) is 0 Å². The van der Waals surface area contributed by atoms with Crippen LogP contribution in [0.25, 0.3) is 10.8 Å². The molecule has 2 aromatic carbocycles. The minimum Gasteiger partial charge on any atom is -0.298 e. The molecule has 7 heteroatoms. The van der Waals surface area contributed by atoms with Crippen molar-refractivity contribution < 1.29 is 14.6 Å². The van der Waals surface area contributed by atoms with Gasteiger partial charge in [-0.15, -0.1) is 0 Å². The van der Waals surface area contributed by atoms with Crippen molar-refractivity contribution in [3.63, 3.8) is 0 Å². The molecule has 0 amide bonds. The first-order valence-electron chi connectivity index (χ1n) is 4.86. The quantitative estimate of drug-likeness (QED) is 0.470. The molecule has 7 nitrogen and oxygen atoms in total. The maximum atomic E-state index is 11.0. The first-order valence-corrected chi connectivity index (χ1v) is 4.86. The fraction of sp³-hybridized carbons (Fsp3) is 0. The van der Waals surface area contributed by atoms with Crippen molar-refractivity contribution in [3.05, 3.63) is 56.1 Å². The molecule has 0 spiro atoms. The van der Waals surface area contributed by atoms with Crippen LogP contribution in [0, 0.1) is 20.2 Å². The Kier molecular flexibility index (Phi) is 2.72. The Balaban J connectivity index is 3.03. The summed E-state index contributed by atoms with van der Waals surface area (Å²) < 4.78 is 0. The number of carbonyl (C=O) groups excluding carboxylic acids is 1. The molecule has 0 aliphatic carbocycles. The highest BCUT2D eigenvalue weighted by Gasteiger charge is 2.31. The Morgan fingerprint density at radius 2 is 1.61 bits per heavy atom. The van der Waals surface area contributed by atoms with Crippen molar-refractivity contribution in [1.82, 2.24) is 0 Å². The van der Waals surface area contributed by atoms with E-state index in [1.54, 1.807) is 18.2 Å². The highest BCUT2D eigenvalue weighted by Crippen LogP contribution is 2.37. The standard InChI is InChI=1S/C11H6N2O5/c14-6-8-5-7-3-1-2-4-9(7)11(13(17)18)10(8)12(15)16/h1-6H. The van der Waals surface area contributed by atoms with Gasteiger partial charge in [-0.3, -0.25) is 25.0 Å². The minimum absolute atomic E-state index is 0.139. The van der Waals surface area contributed by atoms with E-state index in [4.69, 9.17) is 0 Å². The molecule has 0 saturated carbocycles. The molecule has 0 aliphatic rings. The third kappa shape index (κ3) is 1.67. The molecule has 0 aliphatic heterocycles. The number of aldehydes is 1. The van der Waals surface area contributed by atoms with Crippen LogP contribution in [0.5, 0.6) is 0 Å². The summed E-state index contributed by atoms with van der Waals surface area (Å²) in [7, 11) is 0. The molecule has 0 fully saturated rings. The molecule has 0 N–H and O–H groups in total. The number of nitrogens with zero attached hydrogens (tertiary/aromatic N) is 2. The normalized spacial score (nSPS) is 10.2. The van der Waals surface area contributed by atoms with E-state index in [1.165, 1.54) is 12.1 Å². The van der Waals surface area contributed by atoms with E-state index in [-0.39, 0.29) is 17.2 Å². The number of fused-ring (bicyclic) bond motifs is 1. The molecule has 0 aromatic heterocycles. The highest BCUT2D eigenvalue weighted by molar-refractivity contribution is 6.01. The molecule has 0 unspecified atom stereocenters. The molecule has 18 heavy (non-hydrogen) atoms. The summed E-state index contributed by atoms with van der Waals surface area (Å²) in [4.78, 5) is 31.0. The molecular formula is C11H6N2O5. The molecule has 90 valence electrons. The summed E-state index contributed by atoms with van der Waals surface area (Å²) in [5.74, 6) is 0. The van der Waals surface area contributed by atoms with Gasteiger partial charge in [0.25, 0.3) is 0 Å². The lowest BCUT2D eigenvalue weighted by molar-refractivity contribution is -0.421. The van der Waals surface area contributed by atoms with Crippen LogP contribution in [-0.2, 0) is 0 Å². The molecule has 0 radical (unpaired) electrons. The van der Waals surface area contributed by atoms with Crippen molar-refractivity contribution in [1.29, 1.82) is 0 Å². The van der Waals surface area contributed by atoms with E-state index in [0.717, 1.165) is 0 Å². The number of carbonyl (C=O) groups is 1. The van der Waals surface area contributed by atoms with Gasteiger partial charge in [-0.05, 0) is 17.5 Å². The summed E-state index contributed by atoms with van der Waals surface area (Å²) in [5, 5.41) is 22.4. The Labute approximate surface area is 99.9 Å². The lowest BCUT2D eigenvalue weighted by Gasteiger charge is -2.02. The monoisotopic (exact) mass is 246 g/mol. The Hall–Kier alpha value is -2.83. The van der Waals surface area contributed by atoms with Crippen molar-refractivity contribution in [2.24, 2.45) is 0 Å². The van der Waals surface area contributed by atoms with Crippen LogP contribution in [0.15, 0.2) is 30.3 Å². The Morgan fingerprint density at radius 3 is 2.17 bits per heavy atom. The minimum atomic E-state index is -0.908. The van der Waals surface area contributed by atoms with E-state index >= 15 is 0 Å². The van der Waals surface area contributed by atoms with Gasteiger partial charge in [0.2, 0.25) is 0 Å². The molecule has 0 saturated heterocycles. The predicted molar refractivity (Wildman–Crippen MR) is 62.6 cm³/mol. The maximum Gasteiger partial charge on any atom is 0.357 e. The summed E-state index contributed by atoms with van der Waals surface area (Å²) in [6.07, 6.45) is 0.248. The van der Waals surface area contributed by atoms with Crippen molar-refractivity contribution in [3.8, 4) is 0 Å². The lowest BCUT2D eigenvalue weighted by Crippen LogP contribution is -2.01. The number of benzene rings is 2. The van der Waals surface area contributed by atoms with Crippen LogP contribution in [0.4, 0.5) is 11.4 Å². The molecule has 0 heterocycles. The largest absolute Gasteiger partial charge is 0.357 e. The van der Waals surface area contributed by atoms with E-state index in [9.17, 15) is 25.0 Å². The average Bonchev–Trinajstić information content (AvgIpc) is 2.35. The van der Waals surface area contributed by atoms with Crippen molar-refractivity contribution in [2.75, 3.05) is 0 Å². The molecular weight excluding hydrogens is 240 g/mol. The number of nitro groups is 2. The number of rotatable bonds is 3. The van der Waals surface area contributed by atoms with Gasteiger partial charge in [-0.2, -0.15) is 0 Å². The van der Waals surface area contributed by atoms with Crippen LogP contribution in [-0.4, -0.2) is 16.1 Å². The van der Waals surface area contributed by atoms with Gasteiger partial charge in [0.1, 0.15) is 5.56 Å². The third-order valence-electron chi connectivity index (χ3n) is 2.52. The van der Waals surface area contributed by atoms with Gasteiger partial charge in [0, 0.05) is 0 Å². The fourth-order valence-corrected chi connectivity index (χ4v) is 1.81. The topological polar surface area (TPSA) is 103 Å². The van der Waals surface area contributed by atoms with Crippen molar-refractivity contribution >= 4 is 28.4 Å². The number of hydrogen-bond donors (Lipinski definition) is 0.